The van der Waals surface area contributed by atoms with Gasteiger partial charge in [-0.1, -0.05) is 17.7 Å². The lowest BCUT2D eigenvalue weighted by Crippen LogP contribution is -2.45. The van der Waals surface area contributed by atoms with Gasteiger partial charge < -0.3 is 10.6 Å². The van der Waals surface area contributed by atoms with Crippen LogP contribution in [0.3, 0.4) is 0 Å². The van der Waals surface area contributed by atoms with E-state index in [9.17, 15) is 4.79 Å². The molecule has 0 aliphatic carbocycles. The van der Waals surface area contributed by atoms with Crippen LogP contribution >= 0.6 is 0 Å². The van der Waals surface area contributed by atoms with Crippen molar-refractivity contribution in [1.82, 2.24) is 4.90 Å². The van der Waals surface area contributed by atoms with Gasteiger partial charge >= 0.3 is 0 Å². The van der Waals surface area contributed by atoms with E-state index in [4.69, 9.17) is 5.73 Å². The highest BCUT2D eigenvalue weighted by atomic mass is 16.2. The maximum absolute atomic E-state index is 12.6. The molecule has 1 aliphatic heterocycles. The van der Waals surface area contributed by atoms with Crippen LogP contribution in [0.1, 0.15) is 41.3 Å². The smallest absolute Gasteiger partial charge is 0.254 e. The molecule has 1 fully saturated rings. The highest BCUT2D eigenvalue weighted by Gasteiger charge is 2.27. The molecular formula is C16H24N2O. The Hall–Kier alpha value is -1.35. The van der Waals surface area contributed by atoms with E-state index in [0.717, 1.165) is 42.6 Å². The first-order chi connectivity index (χ1) is 8.99. The maximum atomic E-state index is 12.6. The van der Waals surface area contributed by atoms with Gasteiger partial charge in [0, 0.05) is 24.7 Å². The summed E-state index contributed by atoms with van der Waals surface area (Å²) < 4.78 is 0. The predicted octanol–water partition coefficient (Wildman–Crippen LogP) is 2.50. The SMILES string of the molecule is Cc1ccc(C)c(C(=O)N2CCC[C@@H]([C@H](C)N)C2)c1. The molecule has 2 N–H and O–H groups in total. The number of hydrogen-bond donors (Lipinski definition) is 1. The van der Waals surface area contributed by atoms with Crippen LogP contribution in [0, 0.1) is 19.8 Å². The normalized spacial score (nSPS) is 21.3. The summed E-state index contributed by atoms with van der Waals surface area (Å²) in [6.07, 6.45) is 2.19. The lowest BCUT2D eigenvalue weighted by Gasteiger charge is -2.35. The van der Waals surface area contributed by atoms with Gasteiger partial charge in [-0.2, -0.15) is 0 Å². The Kier molecular flexibility index (Phi) is 4.25. The second-order valence-corrected chi connectivity index (χ2v) is 5.83. The van der Waals surface area contributed by atoms with Crippen molar-refractivity contribution < 1.29 is 4.79 Å². The molecule has 3 nitrogen and oxygen atoms in total. The zero-order chi connectivity index (χ0) is 14.0. The van der Waals surface area contributed by atoms with Crippen molar-refractivity contribution in [2.45, 2.75) is 39.7 Å². The van der Waals surface area contributed by atoms with Gasteiger partial charge in [0.1, 0.15) is 0 Å². The topological polar surface area (TPSA) is 46.3 Å². The molecule has 2 atom stereocenters. The molecule has 0 aromatic heterocycles. The monoisotopic (exact) mass is 260 g/mol. The van der Waals surface area contributed by atoms with E-state index in [0.29, 0.717) is 5.92 Å². The van der Waals surface area contributed by atoms with Crippen molar-refractivity contribution in [3.63, 3.8) is 0 Å². The van der Waals surface area contributed by atoms with Gasteiger partial charge in [-0.05, 0) is 51.2 Å². The number of nitrogens with two attached hydrogens (primary N) is 1. The first-order valence-electron chi connectivity index (χ1n) is 7.11. The molecule has 19 heavy (non-hydrogen) atoms. The molecule has 2 rings (SSSR count). The second kappa shape index (κ2) is 5.74. The third kappa shape index (κ3) is 3.16. The number of rotatable bonds is 2. The Labute approximate surface area is 115 Å². The number of hydrogen-bond acceptors (Lipinski definition) is 2. The van der Waals surface area contributed by atoms with E-state index in [2.05, 4.69) is 0 Å². The number of likely N-dealkylation sites (tertiary alicyclic amines) is 1. The van der Waals surface area contributed by atoms with E-state index in [1.54, 1.807) is 0 Å². The Morgan fingerprint density at radius 3 is 2.84 bits per heavy atom. The minimum Gasteiger partial charge on any atom is -0.338 e. The van der Waals surface area contributed by atoms with Crippen molar-refractivity contribution in [1.29, 1.82) is 0 Å². The molecule has 0 bridgehead atoms. The zero-order valence-corrected chi connectivity index (χ0v) is 12.1. The van der Waals surface area contributed by atoms with Crippen LogP contribution < -0.4 is 5.73 Å². The summed E-state index contributed by atoms with van der Waals surface area (Å²) in [7, 11) is 0. The van der Waals surface area contributed by atoms with Crippen LogP contribution in [0.15, 0.2) is 18.2 Å². The van der Waals surface area contributed by atoms with Gasteiger partial charge in [-0.25, -0.2) is 0 Å². The molecule has 1 aliphatic rings. The highest BCUT2D eigenvalue weighted by molar-refractivity contribution is 5.95. The summed E-state index contributed by atoms with van der Waals surface area (Å²) in [4.78, 5) is 14.6. The van der Waals surface area contributed by atoms with E-state index in [-0.39, 0.29) is 11.9 Å². The van der Waals surface area contributed by atoms with Crippen molar-refractivity contribution >= 4 is 5.91 Å². The Bertz CT molecular complexity index is 468. The first-order valence-corrected chi connectivity index (χ1v) is 7.11. The number of aryl methyl sites for hydroxylation is 2. The van der Waals surface area contributed by atoms with Crippen LogP contribution in [0.2, 0.25) is 0 Å². The molecular weight excluding hydrogens is 236 g/mol. The summed E-state index contributed by atoms with van der Waals surface area (Å²) in [5, 5.41) is 0. The highest BCUT2D eigenvalue weighted by Crippen LogP contribution is 2.22. The summed E-state index contributed by atoms with van der Waals surface area (Å²) >= 11 is 0. The van der Waals surface area contributed by atoms with Crippen LogP contribution in [-0.2, 0) is 0 Å². The summed E-state index contributed by atoms with van der Waals surface area (Å²) in [6, 6.07) is 6.23. The molecule has 0 saturated carbocycles. The number of amides is 1. The lowest BCUT2D eigenvalue weighted by molar-refractivity contribution is 0.0660. The van der Waals surface area contributed by atoms with Gasteiger partial charge in [-0.3, -0.25) is 4.79 Å². The molecule has 104 valence electrons. The third-order valence-corrected chi connectivity index (χ3v) is 4.11. The van der Waals surface area contributed by atoms with E-state index >= 15 is 0 Å². The van der Waals surface area contributed by atoms with Crippen LogP contribution in [0.5, 0.6) is 0 Å². The molecule has 1 heterocycles. The number of piperidine rings is 1. The largest absolute Gasteiger partial charge is 0.338 e. The minimum absolute atomic E-state index is 0.159. The summed E-state index contributed by atoms with van der Waals surface area (Å²) in [6.45, 7) is 7.71. The molecule has 1 amide bonds. The fraction of sp³-hybridized carbons (Fsp3) is 0.562. The van der Waals surface area contributed by atoms with Gasteiger partial charge in [0.05, 0.1) is 0 Å². The fourth-order valence-corrected chi connectivity index (χ4v) is 2.76. The Balaban J connectivity index is 2.17. The Morgan fingerprint density at radius 1 is 1.42 bits per heavy atom. The third-order valence-electron chi connectivity index (χ3n) is 4.11. The molecule has 1 aromatic carbocycles. The standard InChI is InChI=1S/C16H24N2O/c1-11-6-7-12(2)15(9-11)16(19)18-8-4-5-14(10-18)13(3)17/h6-7,9,13-14H,4-5,8,10,17H2,1-3H3/t13-,14+/m0/s1. The van der Waals surface area contributed by atoms with Gasteiger partial charge in [0.15, 0.2) is 0 Å². The number of benzene rings is 1. The van der Waals surface area contributed by atoms with Gasteiger partial charge in [-0.15, -0.1) is 0 Å². The number of nitrogens with zero attached hydrogens (tertiary/aromatic N) is 1. The van der Waals surface area contributed by atoms with E-state index in [1.807, 2.05) is 43.9 Å². The lowest BCUT2D eigenvalue weighted by atomic mass is 9.91. The fourth-order valence-electron chi connectivity index (χ4n) is 2.76. The van der Waals surface area contributed by atoms with Crippen LogP contribution in [-0.4, -0.2) is 29.9 Å². The van der Waals surface area contributed by atoms with Crippen LogP contribution in [0.4, 0.5) is 0 Å². The van der Waals surface area contributed by atoms with E-state index < -0.39 is 0 Å². The molecule has 0 spiro atoms. The van der Waals surface area contributed by atoms with Crippen molar-refractivity contribution in [2.75, 3.05) is 13.1 Å². The van der Waals surface area contributed by atoms with Gasteiger partial charge in [0.2, 0.25) is 0 Å². The summed E-state index contributed by atoms with van der Waals surface area (Å²) in [5.41, 5.74) is 9.01. The van der Waals surface area contributed by atoms with Crippen molar-refractivity contribution in [3.05, 3.63) is 34.9 Å². The molecule has 0 radical (unpaired) electrons. The molecule has 1 aromatic rings. The number of carbonyl (C=O) groups is 1. The Morgan fingerprint density at radius 2 is 2.16 bits per heavy atom. The quantitative estimate of drug-likeness (QED) is 0.888. The number of carbonyl (C=O) groups excluding carboxylic acids is 1. The summed E-state index contributed by atoms with van der Waals surface area (Å²) in [5.74, 6) is 0.592. The molecule has 1 saturated heterocycles. The minimum atomic E-state index is 0.159. The molecule has 0 unspecified atom stereocenters. The average molecular weight is 260 g/mol. The average Bonchev–Trinajstić information content (AvgIpc) is 2.41. The van der Waals surface area contributed by atoms with Crippen molar-refractivity contribution in [3.8, 4) is 0 Å². The maximum Gasteiger partial charge on any atom is 0.254 e. The molecule has 3 heteroatoms. The van der Waals surface area contributed by atoms with E-state index in [1.165, 1.54) is 0 Å². The predicted molar refractivity (Wildman–Crippen MR) is 78.2 cm³/mol. The van der Waals surface area contributed by atoms with Crippen molar-refractivity contribution in [2.24, 2.45) is 11.7 Å². The zero-order valence-electron chi connectivity index (χ0n) is 12.1. The van der Waals surface area contributed by atoms with Crippen LogP contribution in [0.25, 0.3) is 0 Å². The second-order valence-electron chi connectivity index (χ2n) is 5.83. The first kappa shape index (κ1) is 14.1. The van der Waals surface area contributed by atoms with Gasteiger partial charge in [0.25, 0.3) is 5.91 Å².